The third-order valence-corrected chi connectivity index (χ3v) is 10.1. The lowest BCUT2D eigenvalue weighted by atomic mass is 9.96. The SMILES string of the molecule is COc1nc(-c2cccc3c2ccn3S(=O)(=O)C2(C)C=CC=C(C)C2)nc2c1CN(Cc1ccccc1)CC2. The molecule has 0 saturated heterocycles. The van der Waals surface area contributed by atoms with Crippen LogP contribution in [0.25, 0.3) is 22.3 Å². The van der Waals surface area contributed by atoms with E-state index in [1.807, 2.05) is 49.4 Å². The van der Waals surface area contributed by atoms with E-state index in [0.29, 0.717) is 30.2 Å². The van der Waals surface area contributed by atoms with E-state index < -0.39 is 14.8 Å². The summed E-state index contributed by atoms with van der Waals surface area (Å²) in [6.45, 7) is 6.21. The Balaban J connectivity index is 1.37. The molecule has 0 saturated carbocycles. The number of ether oxygens (including phenoxy) is 1. The highest BCUT2D eigenvalue weighted by Gasteiger charge is 2.40. The van der Waals surface area contributed by atoms with E-state index in [0.717, 1.165) is 47.3 Å². The van der Waals surface area contributed by atoms with Gasteiger partial charge in [0.2, 0.25) is 15.9 Å². The fourth-order valence-electron chi connectivity index (χ4n) is 5.74. The minimum atomic E-state index is -3.72. The molecule has 0 spiro atoms. The summed E-state index contributed by atoms with van der Waals surface area (Å²) in [7, 11) is -2.08. The van der Waals surface area contributed by atoms with Gasteiger partial charge in [-0.1, -0.05) is 66.3 Å². The molecule has 8 heteroatoms. The summed E-state index contributed by atoms with van der Waals surface area (Å²) in [5.74, 6) is 1.12. The topological polar surface area (TPSA) is 77.3 Å². The number of rotatable bonds is 6. The zero-order chi connectivity index (χ0) is 27.2. The summed E-state index contributed by atoms with van der Waals surface area (Å²) in [6.07, 6.45) is 8.47. The number of hydrogen-bond acceptors (Lipinski definition) is 6. The van der Waals surface area contributed by atoms with Gasteiger partial charge in [-0.3, -0.25) is 4.90 Å². The fourth-order valence-corrected chi connectivity index (χ4v) is 7.49. The molecule has 2 aromatic carbocycles. The number of allylic oxidation sites excluding steroid dienone is 3. The largest absolute Gasteiger partial charge is 0.481 e. The van der Waals surface area contributed by atoms with E-state index in [1.165, 1.54) is 9.54 Å². The first-order valence-electron chi connectivity index (χ1n) is 13.2. The molecule has 0 fully saturated rings. The van der Waals surface area contributed by atoms with Crippen molar-refractivity contribution < 1.29 is 13.2 Å². The van der Waals surface area contributed by atoms with Crippen LogP contribution < -0.4 is 4.74 Å². The number of fused-ring (bicyclic) bond motifs is 2. The Morgan fingerprint density at radius 1 is 1.05 bits per heavy atom. The van der Waals surface area contributed by atoms with Gasteiger partial charge < -0.3 is 4.74 Å². The van der Waals surface area contributed by atoms with Gasteiger partial charge in [0.15, 0.2) is 5.82 Å². The summed E-state index contributed by atoms with van der Waals surface area (Å²) >= 11 is 0. The van der Waals surface area contributed by atoms with Crippen molar-refractivity contribution in [2.75, 3.05) is 13.7 Å². The summed E-state index contributed by atoms with van der Waals surface area (Å²) < 4.78 is 33.9. The smallest absolute Gasteiger partial charge is 0.248 e. The van der Waals surface area contributed by atoms with Crippen molar-refractivity contribution in [3.05, 3.63) is 101 Å². The molecule has 7 nitrogen and oxygen atoms in total. The van der Waals surface area contributed by atoms with Crippen molar-refractivity contribution in [2.45, 2.75) is 44.5 Å². The van der Waals surface area contributed by atoms with E-state index in [4.69, 9.17) is 14.7 Å². The number of nitrogens with zero attached hydrogens (tertiary/aromatic N) is 4. The third kappa shape index (κ3) is 4.47. The summed E-state index contributed by atoms with van der Waals surface area (Å²) in [6, 6.07) is 17.9. The lowest BCUT2D eigenvalue weighted by Gasteiger charge is -2.29. The molecule has 4 aromatic rings. The molecular formula is C31H32N4O3S. The molecule has 2 aliphatic rings. The average molecular weight is 541 g/mol. The molecule has 39 heavy (non-hydrogen) atoms. The number of hydrogen-bond donors (Lipinski definition) is 0. The predicted octanol–water partition coefficient (Wildman–Crippen LogP) is 5.51. The molecule has 3 heterocycles. The number of methoxy groups -OCH3 is 1. The van der Waals surface area contributed by atoms with Crippen LogP contribution in [0, 0.1) is 0 Å². The van der Waals surface area contributed by atoms with Crippen molar-refractivity contribution in [1.29, 1.82) is 0 Å². The lowest BCUT2D eigenvalue weighted by molar-refractivity contribution is 0.236. The molecule has 1 aliphatic heterocycles. The first-order chi connectivity index (χ1) is 18.8. The van der Waals surface area contributed by atoms with Gasteiger partial charge in [0.25, 0.3) is 0 Å². The Bertz CT molecular complexity index is 1710. The highest BCUT2D eigenvalue weighted by molar-refractivity contribution is 7.91. The van der Waals surface area contributed by atoms with Crippen molar-refractivity contribution in [1.82, 2.24) is 18.8 Å². The molecule has 2 aromatic heterocycles. The monoisotopic (exact) mass is 540 g/mol. The van der Waals surface area contributed by atoms with Crippen LogP contribution in [0.4, 0.5) is 0 Å². The molecule has 0 N–H and O–H groups in total. The molecule has 0 amide bonds. The molecule has 0 radical (unpaired) electrons. The maximum Gasteiger partial charge on any atom is 0.248 e. The van der Waals surface area contributed by atoms with Crippen LogP contribution in [-0.4, -0.2) is 45.7 Å². The van der Waals surface area contributed by atoms with Crippen LogP contribution in [-0.2, 0) is 29.5 Å². The first kappa shape index (κ1) is 25.5. The standard InChI is InChI=1S/C31H32N4O3S/c1-22-9-8-16-31(2,19-22)39(36,37)35-18-14-24-25(12-7-13-28(24)35)29-32-27-15-17-34(20-23-10-5-4-6-11-23)21-26(27)30(33-29)38-3/h4-14,16,18H,15,17,19-21H2,1-3H3. The van der Waals surface area contributed by atoms with Crippen LogP contribution in [0.5, 0.6) is 5.88 Å². The second-order valence-electron chi connectivity index (χ2n) is 10.6. The fraction of sp³-hybridized carbons (Fsp3) is 0.290. The minimum absolute atomic E-state index is 0.456. The van der Waals surface area contributed by atoms with E-state index in [2.05, 4.69) is 29.2 Å². The van der Waals surface area contributed by atoms with Crippen LogP contribution >= 0.6 is 0 Å². The highest BCUT2D eigenvalue weighted by Crippen LogP contribution is 2.37. The van der Waals surface area contributed by atoms with Crippen LogP contribution in [0.2, 0.25) is 0 Å². The summed E-state index contributed by atoms with van der Waals surface area (Å²) in [5.41, 5.74) is 5.70. The third-order valence-electron chi connectivity index (χ3n) is 7.79. The maximum atomic E-state index is 13.9. The second kappa shape index (κ2) is 9.77. The van der Waals surface area contributed by atoms with E-state index in [1.54, 1.807) is 26.3 Å². The average Bonchev–Trinajstić information content (AvgIpc) is 3.38. The van der Waals surface area contributed by atoms with E-state index in [9.17, 15) is 8.42 Å². The highest BCUT2D eigenvalue weighted by atomic mass is 32.2. The van der Waals surface area contributed by atoms with Gasteiger partial charge in [0, 0.05) is 48.8 Å². The zero-order valence-electron chi connectivity index (χ0n) is 22.5. The maximum absolute atomic E-state index is 13.9. The molecular weight excluding hydrogens is 508 g/mol. The van der Waals surface area contributed by atoms with Crippen molar-refractivity contribution >= 4 is 20.9 Å². The van der Waals surface area contributed by atoms with Crippen LogP contribution in [0.1, 0.15) is 37.1 Å². The Kier molecular flexibility index (Phi) is 6.40. The Morgan fingerprint density at radius 2 is 1.87 bits per heavy atom. The minimum Gasteiger partial charge on any atom is -0.481 e. The molecule has 200 valence electrons. The van der Waals surface area contributed by atoms with Gasteiger partial charge in [0.1, 0.15) is 4.75 Å². The van der Waals surface area contributed by atoms with Gasteiger partial charge in [-0.05, 0) is 38.0 Å². The van der Waals surface area contributed by atoms with Gasteiger partial charge in [0.05, 0.1) is 18.3 Å². The second-order valence-corrected chi connectivity index (χ2v) is 12.9. The molecule has 1 unspecified atom stereocenters. The summed E-state index contributed by atoms with van der Waals surface area (Å²) in [4.78, 5) is 12.2. The zero-order valence-corrected chi connectivity index (χ0v) is 23.3. The van der Waals surface area contributed by atoms with E-state index in [-0.39, 0.29) is 0 Å². The normalized spacial score (nSPS) is 19.6. The lowest BCUT2D eigenvalue weighted by Crippen LogP contribution is -2.38. The number of aromatic nitrogens is 3. The van der Waals surface area contributed by atoms with Crippen molar-refractivity contribution in [3.63, 3.8) is 0 Å². The van der Waals surface area contributed by atoms with Crippen molar-refractivity contribution in [2.24, 2.45) is 0 Å². The van der Waals surface area contributed by atoms with Gasteiger partial charge in [-0.25, -0.2) is 17.4 Å². The van der Waals surface area contributed by atoms with Crippen LogP contribution in [0.3, 0.4) is 0 Å². The predicted molar refractivity (Wildman–Crippen MR) is 154 cm³/mol. The number of benzene rings is 2. The quantitative estimate of drug-likeness (QED) is 0.321. The van der Waals surface area contributed by atoms with E-state index >= 15 is 0 Å². The first-order valence-corrected chi connectivity index (χ1v) is 14.6. The Hall–Kier alpha value is -3.75. The Morgan fingerprint density at radius 3 is 2.64 bits per heavy atom. The molecule has 1 atom stereocenters. The van der Waals surface area contributed by atoms with Gasteiger partial charge in [-0.15, -0.1) is 0 Å². The summed E-state index contributed by atoms with van der Waals surface area (Å²) in [5, 5.41) is 0.792. The van der Waals surface area contributed by atoms with Crippen LogP contribution in [0.15, 0.2) is 84.6 Å². The molecule has 1 aliphatic carbocycles. The molecule has 6 rings (SSSR count). The van der Waals surface area contributed by atoms with Crippen molar-refractivity contribution in [3.8, 4) is 17.3 Å². The van der Waals surface area contributed by atoms with Gasteiger partial charge in [-0.2, -0.15) is 4.98 Å². The van der Waals surface area contributed by atoms with Gasteiger partial charge >= 0.3 is 0 Å². The Labute approximate surface area is 229 Å². The molecule has 0 bridgehead atoms.